The first-order chi connectivity index (χ1) is 37.8. The smallest absolute Gasteiger partial charge is 0.243 e. The lowest BCUT2D eigenvalue weighted by Gasteiger charge is -2.56. The number of benzene rings is 3. The van der Waals surface area contributed by atoms with Crippen molar-refractivity contribution in [1.82, 2.24) is 10.6 Å². The van der Waals surface area contributed by atoms with Gasteiger partial charge in [0, 0.05) is 36.8 Å². The van der Waals surface area contributed by atoms with Crippen molar-refractivity contribution in [2.75, 3.05) is 19.7 Å². The average Bonchev–Trinajstić information content (AvgIpc) is 4.04. The summed E-state index contributed by atoms with van der Waals surface area (Å²) in [4.78, 5) is 34.7. The molecular weight excluding hydrogens is 993 g/mol. The van der Waals surface area contributed by atoms with Gasteiger partial charge in [0.1, 0.15) is 18.0 Å². The van der Waals surface area contributed by atoms with Gasteiger partial charge >= 0.3 is 0 Å². The summed E-state index contributed by atoms with van der Waals surface area (Å²) in [5.74, 6) is -2.58. The van der Waals surface area contributed by atoms with Gasteiger partial charge < -0.3 is 53.2 Å². The molecule has 11 atom stereocenters. The van der Waals surface area contributed by atoms with E-state index in [1.165, 1.54) is 5.57 Å². The minimum absolute atomic E-state index is 0.0365. The second kappa shape index (κ2) is 26.3. The molecule has 3 aliphatic carbocycles. The fourth-order valence-corrected chi connectivity index (χ4v) is 14.5. The molecule has 3 fully saturated rings. The maximum atomic E-state index is 15.9. The maximum absolute atomic E-state index is 15.9. The molecule has 11 unspecified atom stereocenters. The molecule has 5 aliphatic rings. The normalized spacial score (nSPS) is 29.8. The fourth-order valence-electron chi connectivity index (χ4n) is 14.5. The Balaban J connectivity index is 1.25. The number of Topliss-reactive ketones (excluding diaryl/α,β-unsaturated/α-hetero) is 1. The van der Waals surface area contributed by atoms with Gasteiger partial charge in [-0.2, -0.15) is 0 Å². The Kier molecular flexibility index (Phi) is 19.7. The minimum atomic E-state index is -1.38. The van der Waals surface area contributed by atoms with Crippen molar-refractivity contribution >= 4 is 17.6 Å². The Morgan fingerprint density at radius 1 is 0.924 bits per heavy atom. The molecule has 2 aliphatic heterocycles. The number of amides is 1. The van der Waals surface area contributed by atoms with E-state index >= 15 is 4.79 Å². The Morgan fingerprint density at radius 2 is 1.65 bits per heavy atom. The van der Waals surface area contributed by atoms with Crippen LogP contribution in [0.3, 0.4) is 0 Å². The zero-order valence-corrected chi connectivity index (χ0v) is 46.8. The third-order valence-corrected chi connectivity index (χ3v) is 18.5. The molecule has 0 aromatic heterocycles. The highest BCUT2D eigenvalue weighted by Crippen LogP contribution is 2.63. The van der Waals surface area contributed by atoms with Crippen molar-refractivity contribution in [3.8, 4) is 5.75 Å². The third kappa shape index (κ3) is 13.6. The van der Waals surface area contributed by atoms with Gasteiger partial charge in [-0.05, 0) is 172 Å². The second-order valence-corrected chi connectivity index (χ2v) is 24.0. The number of hydrogen-bond donors (Lipinski definition) is 11. The summed E-state index contributed by atoms with van der Waals surface area (Å²) in [6.07, 6.45) is 13.3. The van der Waals surface area contributed by atoms with Crippen LogP contribution in [0.5, 0.6) is 5.75 Å². The molecule has 2 heterocycles. The Hall–Kier alpha value is -5.71. The molecule has 8 rings (SSSR count). The molecule has 3 saturated carbocycles. The number of aliphatic hydroxyl groups is 5. The van der Waals surface area contributed by atoms with E-state index in [4.69, 9.17) is 17.2 Å². The predicted octanol–water partition coefficient (Wildman–Crippen LogP) is 7.77. The summed E-state index contributed by atoms with van der Waals surface area (Å²) in [5.41, 5.74) is 25.0. The molecule has 14 nitrogen and oxygen atoms in total. The molecule has 14 heteroatoms. The van der Waals surface area contributed by atoms with Crippen LogP contribution in [-0.2, 0) is 28.9 Å². The number of phenolic OH excluding ortho intramolecular Hbond substituents is 1. The number of carbonyl (C=O) groups is 2. The number of nitrogens with one attached hydrogen (secondary N) is 2. The van der Waals surface area contributed by atoms with Crippen LogP contribution >= 0.6 is 0 Å². The topological polar surface area (TPSA) is 270 Å². The standard InChI is InChI=1S/C65H88N6O8/c1-39(2)12-8-13-40(3)14-9-20-46(38-72)49-29-31-65(60(49)77)54-27-26-48(74)33-41-15-10-16-42(32-41)34-52(53(36-70-63(67)68)43-22-24-47(73)25-23-43)56(76)37-69-59-58-45(19-11-21-51(58)61(66)71-62(59)78)35-55(75)57(44-17-6-5-7-18-44)50(54)28-30-64(65,4)79/h9-12,14-16,19-25,32,44,48-49,52-54,56,59-61,69,72-74,76-77,79H,3,5-8,13,17-18,26-31,33-38,66H2,1-2,4H3,(H,71,78)(H4,67,68,70). The molecule has 2 bridgehead atoms. The van der Waals surface area contributed by atoms with Gasteiger partial charge in [0.2, 0.25) is 5.91 Å². The number of carbonyl (C=O) groups excluding carboxylic acids is 2. The van der Waals surface area contributed by atoms with Gasteiger partial charge in [-0.1, -0.05) is 121 Å². The van der Waals surface area contributed by atoms with Crippen LogP contribution < -0.4 is 27.8 Å². The van der Waals surface area contributed by atoms with Crippen molar-refractivity contribution in [3.63, 3.8) is 0 Å². The number of nitrogens with zero attached hydrogens (tertiary/aromatic N) is 1. The number of rotatable bonds is 12. The summed E-state index contributed by atoms with van der Waals surface area (Å²) >= 11 is 0. The minimum Gasteiger partial charge on any atom is -0.508 e. The van der Waals surface area contributed by atoms with Gasteiger partial charge in [-0.15, -0.1) is 0 Å². The zero-order chi connectivity index (χ0) is 56.6. The van der Waals surface area contributed by atoms with E-state index < -0.39 is 71.1 Å². The Bertz CT molecular complexity index is 2800. The monoisotopic (exact) mass is 1080 g/mol. The number of allylic oxidation sites excluding steroid dienone is 8. The van der Waals surface area contributed by atoms with E-state index in [2.05, 4.69) is 42.1 Å². The van der Waals surface area contributed by atoms with E-state index in [-0.39, 0.29) is 49.5 Å². The van der Waals surface area contributed by atoms with Crippen molar-refractivity contribution in [3.05, 3.63) is 159 Å². The summed E-state index contributed by atoms with van der Waals surface area (Å²) in [6, 6.07) is 19.3. The molecule has 0 radical (unpaired) electrons. The van der Waals surface area contributed by atoms with Crippen molar-refractivity contribution in [2.24, 2.45) is 51.3 Å². The number of nitrogens with two attached hydrogens (primary N) is 3. The van der Waals surface area contributed by atoms with Gasteiger partial charge in [-0.3, -0.25) is 19.9 Å². The summed E-state index contributed by atoms with van der Waals surface area (Å²) in [7, 11) is 0. The molecule has 1 spiro atoms. The molecule has 3 aromatic rings. The highest BCUT2D eigenvalue weighted by atomic mass is 16.3. The Labute approximate surface area is 467 Å². The van der Waals surface area contributed by atoms with Crippen LogP contribution in [0.2, 0.25) is 0 Å². The van der Waals surface area contributed by atoms with E-state index in [0.29, 0.717) is 73.6 Å². The molecule has 1 amide bonds. The first-order valence-corrected chi connectivity index (χ1v) is 29.0. The lowest BCUT2D eigenvalue weighted by atomic mass is 9.51. The molecule has 3 aromatic carbocycles. The third-order valence-electron chi connectivity index (χ3n) is 18.5. The van der Waals surface area contributed by atoms with Crippen LogP contribution in [0.4, 0.5) is 0 Å². The number of hydrogen-bond acceptors (Lipinski definition) is 11. The average molecular weight is 1080 g/mol. The maximum Gasteiger partial charge on any atom is 0.243 e. The number of fused-ring (bicyclic) bond motifs is 4. The summed E-state index contributed by atoms with van der Waals surface area (Å²) < 4.78 is 0. The zero-order valence-electron chi connectivity index (χ0n) is 46.8. The molecule has 426 valence electrons. The number of phenols is 1. The van der Waals surface area contributed by atoms with Gasteiger partial charge in [-0.25, -0.2) is 0 Å². The quantitative estimate of drug-likeness (QED) is 0.0360. The number of ketones is 1. The second-order valence-electron chi connectivity index (χ2n) is 24.0. The predicted molar refractivity (Wildman–Crippen MR) is 311 cm³/mol. The van der Waals surface area contributed by atoms with Crippen LogP contribution in [0.15, 0.2) is 130 Å². The lowest BCUT2D eigenvalue weighted by molar-refractivity contribution is -0.168. The first-order valence-electron chi connectivity index (χ1n) is 29.0. The summed E-state index contributed by atoms with van der Waals surface area (Å²) in [5, 5.41) is 78.6. The van der Waals surface area contributed by atoms with Gasteiger partial charge in [0.05, 0.1) is 30.5 Å². The number of aromatic hydroxyl groups is 1. The van der Waals surface area contributed by atoms with E-state index in [1.54, 1.807) is 24.3 Å². The molecule has 14 N–H and O–H groups in total. The van der Waals surface area contributed by atoms with Crippen LogP contribution in [0.1, 0.15) is 156 Å². The highest BCUT2D eigenvalue weighted by Gasteiger charge is 2.64. The Morgan fingerprint density at radius 3 is 2.35 bits per heavy atom. The molecule has 79 heavy (non-hydrogen) atoms. The number of aliphatic hydroxyl groups excluding tert-OH is 4. The molecule has 0 saturated heterocycles. The lowest BCUT2D eigenvalue weighted by Crippen LogP contribution is -2.59. The summed E-state index contributed by atoms with van der Waals surface area (Å²) in [6.45, 7) is 10.0. The van der Waals surface area contributed by atoms with Crippen molar-refractivity contribution in [1.29, 1.82) is 0 Å². The first kappa shape index (κ1) is 59.4. The van der Waals surface area contributed by atoms with Crippen LogP contribution in [0.25, 0.3) is 0 Å². The van der Waals surface area contributed by atoms with Crippen molar-refractivity contribution < 1.29 is 40.2 Å². The number of guanidine groups is 1. The largest absolute Gasteiger partial charge is 0.508 e. The van der Waals surface area contributed by atoms with Crippen LogP contribution in [0, 0.1) is 29.1 Å². The van der Waals surface area contributed by atoms with E-state index in [0.717, 1.165) is 78.4 Å². The van der Waals surface area contributed by atoms with Gasteiger partial charge in [0.25, 0.3) is 0 Å². The SMILES string of the molecule is C=C(C=CC=C(CO)C1CCC2(C3CCC(O)Cc4cccc(c4)CC(C(CN=C(N)N)c4ccc(O)cc4)C(O)CNC4C(=O)NC(N)c5cccc(c54)CC(=O)C(C4CCCCC4)=C3CCC2(C)O)C1O)CCC=C(C)C. The molecular formula is C65H88N6O8. The number of aliphatic imine (C=N–C) groups is 1. The fraction of sp³-hybridized carbons (Fsp3) is 0.523. The van der Waals surface area contributed by atoms with Crippen LogP contribution in [-0.4, -0.2) is 91.9 Å². The highest BCUT2D eigenvalue weighted by molar-refractivity contribution is 5.99. The van der Waals surface area contributed by atoms with Gasteiger partial charge in [0.15, 0.2) is 11.7 Å². The number of β-amino-alcohol motifs (C(OH)–C–C–N with tert-alkyl or cyclic N) is 1. The van der Waals surface area contributed by atoms with E-state index in [1.807, 2.05) is 67.6 Å². The van der Waals surface area contributed by atoms with Crippen molar-refractivity contribution in [2.45, 2.75) is 166 Å². The van der Waals surface area contributed by atoms with E-state index in [9.17, 15) is 35.4 Å².